The second-order valence-corrected chi connectivity index (χ2v) is 6.26. The van der Waals surface area contributed by atoms with Crippen molar-refractivity contribution in [2.75, 3.05) is 26.7 Å². The number of ether oxygens (including phenoxy) is 1. The lowest BCUT2D eigenvalue weighted by Crippen LogP contribution is -2.34. The number of carbonyl (C=O) groups is 1. The molecule has 0 aromatic heterocycles. The average molecular weight is 288 g/mol. The van der Waals surface area contributed by atoms with E-state index in [0.29, 0.717) is 12.0 Å². The average Bonchev–Trinajstić information content (AvgIpc) is 3.21. The quantitative estimate of drug-likeness (QED) is 0.868. The molecule has 2 N–H and O–H groups in total. The van der Waals surface area contributed by atoms with E-state index in [9.17, 15) is 4.79 Å². The lowest BCUT2D eigenvalue weighted by Gasteiger charge is -2.23. The first-order valence-electron chi connectivity index (χ1n) is 7.85. The predicted octanol–water partition coefficient (Wildman–Crippen LogP) is 1.74. The molecule has 1 heterocycles. The van der Waals surface area contributed by atoms with Gasteiger partial charge in [-0.2, -0.15) is 0 Å². The van der Waals surface area contributed by atoms with Crippen LogP contribution in [0.25, 0.3) is 0 Å². The van der Waals surface area contributed by atoms with Crippen LogP contribution in [0, 0.1) is 11.3 Å². The van der Waals surface area contributed by atoms with E-state index in [1.165, 1.54) is 5.56 Å². The maximum Gasteiger partial charge on any atom is 0.223 e. The lowest BCUT2D eigenvalue weighted by molar-refractivity contribution is -0.123. The summed E-state index contributed by atoms with van der Waals surface area (Å²) in [6.07, 6.45) is 4.24. The normalized spacial score (nSPS) is 22.8. The second-order valence-electron chi connectivity index (χ2n) is 6.26. The zero-order valence-corrected chi connectivity index (χ0v) is 12.7. The van der Waals surface area contributed by atoms with E-state index < -0.39 is 0 Å². The van der Waals surface area contributed by atoms with E-state index in [1.807, 2.05) is 18.2 Å². The molecule has 2 aliphatic rings. The van der Waals surface area contributed by atoms with Gasteiger partial charge in [0.15, 0.2) is 0 Å². The van der Waals surface area contributed by atoms with Gasteiger partial charge in [-0.15, -0.1) is 0 Å². The third-order valence-corrected chi connectivity index (χ3v) is 4.95. The molecule has 0 bridgehead atoms. The van der Waals surface area contributed by atoms with Crippen molar-refractivity contribution in [3.63, 3.8) is 0 Å². The zero-order chi connectivity index (χ0) is 14.7. The Bertz CT molecular complexity index is 509. The van der Waals surface area contributed by atoms with Crippen molar-refractivity contribution in [3.8, 4) is 5.75 Å². The van der Waals surface area contributed by atoms with Crippen molar-refractivity contribution in [1.29, 1.82) is 0 Å². The van der Waals surface area contributed by atoms with Crippen molar-refractivity contribution < 1.29 is 9.53 Å². The van der Waals surface area contributed by atoms with Gasteiger partial charge < -0.3 is 15.4 Å². The lowest BCUT2D eigenvalue weighted by atomic mass is 9.92. The number of methoxy groups -OCH3 is 1. The molecule has 1 aliphatic heterocycles. The molecule has 3 rings (SSSR count). The third-order valence-electron chi connectivity index (χ3n) is 4.95. The highest BCUT2D eigenvalue weighted by atomic mass is 16.5. The summed E-state index contributed by atoms with van der Waals surface area (Å²) in [5, 5.41) is 6.47. The summed E-state index contributed by atoms with van der Waals surface area (Å²) < 4.78 is 5.21. The molecule has 2 fully saturated rings. The van der Waals surface area contributed by atoms with Gasteiger partial charge in [0.1, 0.15) is 5.75 Å². The van der Waals surface area contributed by atoms with Crippen molar-refractivity contribution in [2.24, 2.45) is 11.3 Å². The fourth-order valence-electron chi connectivity index (χ4n) is 3.48. The van der Waals surface area contributed by atoms with Crippen LogP contribution in [0.2, 0.25) is 0 Å². The minimum Gasteiger partial charge on any atom is -0.497 e. The molecule has 114 valence electrons. The topological polar surface area (TPSA) is 50.4 Å². The molecule has 1 aromatic carbocycles. The van der Waals surface area contributed by atoms with Gasteiger partial charge in [-0.05, 0) is 61.9 Å². The van der Waals surface area contributed by atoms with Crippen LogP contribution >= 0.6 is 0 Å². The fourth-order valence-corrected chi connectivity index (χ4v) is 3.48. The Morgan fingerprint density at radius 1 is 1.43 bits per heavy atom. The first-order valence-corrected chi connectivity index (χ1v) is 7.85. The van der Waals surface area contributed by atoms with Gasteiger partial charge in [-0.25, -0.2) is 0 Å². The van der Waals surface area contributed by atoms with Crippen molar-refractivity contribution in [2.45, 2.75) is 25.7 Å². The Balaban J connectivity index is 1.44. The molecule has 1 amide bonds. The Morgan fingerprint density at radius 3 is 3.00 bits per heavy atom. The van der Waals surface area contributed by atoms with Crippen LogP contribution in [0.15, 0.2) is 24.3 Å². The molecule has 1 saturated carbocycles. The van der Waals surface area contributed by atoms with Crippen LogP contribution in [0.4, 0.5) is 0 Å². The molecule has 1 aromatic rings. The van der Waals surface area contributed by atoms with E-state index in [4.69, 9.17) is 4.74 Å². The standard InChI is InChI=1S/C17H24N2O2/c1-21-14-4-2-3-13(11-14)5-8-19-16(20)15-12-17(15)6-9-18-10-7-17/h2-4,11,15,18H,5-10,12H2,1H3,(H,19,20)/t15-/m0/s1. The van der Waals surface area contributed by atoms with E-state index in [-0.39, 0.29) is 11.8 Å². The summed E-state index contributed by atoms with van der Waals surface area (Å²) in [5.41, 5.74) is 1.52. The van der Waals surface area contributed by atoms with Crippen LogP contribution in [-0.2, 0) is 11.2 Å². The zero-order valence-electron chi connectivity index (χ0n) is 12.7. The monoisotopic (exact) mass is 288 g/mol. The molecular formula is C17H24N2O2. The first-order chi connectivity index (χ1) is 10.2. The summed E-state index contributed by atoms with van der Waals surface area (Å²) in [6, 6.07) is 8.02. The van der Waals surface area contributed by atoms with Crippen LogP contribution in [0.1, 0.15) is 24.8 Å². The number of piperidine rings is 1. The molecule has 21 heavy (non-hydrogen) atoms. The van der Waals surface area contributed by atoms with Gasteiger partial charge in [0.2, 0.25) is 5.91 Å². The van der Waals surface area contributed by atoms with Crippen LogP contribution in [0.3, 0.4) is 0 Å². The summed E-state index contributed by atoms with van der Waals surface area (Å²) >= 11 is 0. The van der Waals surface area contributed by atoms with E-state index in [0.717, 1.165) is 44.5 Å². The van der Waals surface area contributed by atoms with Crippen molar-refractivity contribution >= 4 is 5.91 Å². The molecule has 0 unspecified atom stereocenters. The SMILES string of the molecule is COc1cccc(CCNC(=O)[C@@H]2CC23CCNCC3)c1. The van der Waals surface area contributed by atoms with Crippen LogP contribution in [-0.4, -0.2) is 32.7 Å². The highest BCUT2D eigenvalue weighted by Gasteiger charge is 2.57. The summed E-state index contributed by atoms with van der Waals surface area (Å²) in [4.78, 5) is 12.2. The molecule has 1 spiro atoms. The molecule has 4 nitrogen and oxygen atoms in total. The van der Waals surface area contributed by atoms with Gasteiger partial charge in [0, 0.05) is 12.5 Å². The van der Waals surface area contributed by atoms with E-state index >= 15 is 0 Å². The van der Waals surface area contributed by atoms with Gasteiger partial charge in [-0.1, -0.05) is 12.1 Å². The third kappa shape index (κ3) is 3.21. The Morgan fingerprint density at radius 2 is 2.24 bits per heavy atom. The van der Waals surface area contributed by atoms with E-state index in [1.54, 1.807) is 7.11 Å². The number of carbonyl (C=O) groups excluding carboxylic acids is 1. The number of rotatable bonds is 5. The van der Waals surface area contributed by atoms with Gasteiger partial charge >= 0.3 is 0 Å². The van der Waals surface area contributed by atoms with Gasteiger partial charge in [0.05, 0.1) is 7.11 Å². The molecule has 1 atom stereocenters. The molecular weight excluding hydrogens is 264 g/mol. The number of benzene rings is 1. The van der Waals surface area contributed by atoms with Crippen LogP contribution in [0.5, 0.6) is 5.75 Å². The van der Waals surface area contributed by atoms with Gasteiger partial charge in [0.25, 0.3) is 0 Å². The summed E-state index contributed by atoms with van der Waals surface area (Å²) in [6.45, 7) is 2.83. The number of hydrogen-bond acceptors (Lipinski definition) is 3. The number of nitrogens with one attached hydrogen (secondary N) is 2. The smallest absolute Gasteiger partial charge is 0.223 e. The minimum atomic E-state index is 0.250. The van der Waals surface area contributed by atoms with Crippen molar-refractivity contribution in [3.05, 3.63) is 29.8 Å². The van der Waals surface area contributed by atoms with E-state index in [2.05, 4.69) is 16.7 Å². The predicted molar refractivity (Wildman–Crippen MR) is 82.4 cm³/mol. The molecule has 4 heteroatoms. The van der Waals surface area contributed by atoms with Crippen LogP contribution < -0.4 is 15.4 Å². The number of hydrogen-bond donors (Lipinski definition) is 2. The molecule has 1 saturated heterocycles. The molecule has 0 radical (unpaired) electrons. The largest absolute Gasteiger partial charge is 0.497 e. The summed E-state index contributed by atoms with van der Waals surface area (Å²) in [7, 11) is 1.67. The maximum absolute atomic E-state index is 12.2. The first kappa shape index (κ1) is 14.4. The maximum atomic E-state index is 12.2. The minimum absolute atomic E-state index is 0.250. The fraction of sp³-hybridized carbons (Fsp3) is 0.588. The highest BCUT2D eigenvalue weighted by Crippen LogP contribution is 2.58. The number of amides is 1. The second kappa shape index (κ2) is 6.06. The Labute approximate surface area is 126 Å². The van der Waals surface area contributed by atoms with Crippen molar-refractivity contribution in [1.82, 2.24) is 10.6 Å². The molecule has 1 aliphatic carbocycles. The Hall–Kier alpha value is -1.55. The highest BCUT2D eigenvalue weighted by molar-refractivity contribution is 5.82. The Kier molecular flexibility index (Phi) is 4.15. The summed E-state index contributed by atoms with van der Waals surface area (Å²) in [5.74, 6) is 1.37. The van der Waals surface area contributed by atoms with Gasteiger partial charge in [-0.3, -0.25) is 4.79 Å².